The summed E-state index contributed by atoms with van der Waals surface area (Å²) in [5.41, 5.74) is 7.80. The maximum atomic E-state index is 13.3. The molecule has 2 N–H and O–H groups in total. The molecule has 0 aliphatic heterocycles. The Balaban J connectivity index is 0.00000112. The zero-order valence-corrected chi connectivity index (χ0v) is 9.69. The first kappa shape index (κ1) is 12.5. The summed E-state index contributed by atoms with van der Waals surface area (Å²) >= 11 is 0. The van der Waals surface area contributed by atoms with E-state index in [0.717, 1.165) is 5.56 Å². The van der Waals surface area contributed by atoms with Crippen LogP contribution in [-0.4, -0.2) is 0 Å². The number of benzene rings is 1. The molecule has 15 heavy (non-hydrogen) atoms. The van der Waals surface area contributed by atoms with Gasteiger partial charge in [-0.25, -0.2) is 4.39 Å². The van der Waals surface area contributed by atoms with Crippen molar-refractivity contribution in [3.05, 3.63) is 35.1 Å². The van der Waals surface area contributed by atoms with Crippen LogP contribution in [0.4, 0.5) is 4.39 Å². The summed E-state index contributed by atoms with van der Waals surface area (Å²) in [6.07, 6.45) is 3.65. The molecule has 1 aliphatic rings. The van der Waals surface area contributed by atoms with Crippen LogP contribution in [0.5, 0.6) is 0 Å². The van der Waals surface area contributed by atoms with Crippen molar-refractivity contribution in [1.29, 1.82) is 0 Å². The Labute approximate surface area is 96.3 Å². The van der Waals surface area contributed by atoms with E-state index in [0.29, 0.717) is 11.5 Å². The van der Waals surface area contributed by atoms with Crippen molar-refractivity contribution in [3.8, 4) is 0 Å². The summed E-state index contributed by atoms with van der Waals surface area (Å²) in [5, 5.41) is 0. The predicted octanol–water partition coefficient (Wildman–Crippen LogP) is 3.36. The average Bonchev–Trinajstić information content (AvgIpc) is 2.06. The van der Waals surface area contributed by atoms with Crippen molar-refractivity contribution >= 4 is 12.4 Å². The molecule has 0 aromatic heterocycles. The Kier molecular flexibility index (Phi) is 4.12. The molecule has 0 saturated heterocycles. The summed E-state index contributed by atoms with van der Waals surface area (Å²) in [6.45, 7) is 1.81. The van der Waals surface area contributed by atoms with Crippen LogP contribution in [0.1, 0.15) is 36.4 Å². The molecule has 1 saturated carbocycles. The van der Waals surface area contributed by atoms with E-state index < -0.39 is 0 Å². The number of hydrogen-bond acceptors (Lipinski definition) is 1. The van der Waals surface area contributed by atoms with Gasteiger partial charge in [0.2, 0.25) is 0 Å². The molecule has 2 rings (SSSR count). The number of hydrogen-bond donors (Lipinski definition) is 1. The second-order valence-electron chi connectivity index (χ2n) is 4.17. The third kappa shape index (κ3) is 2.32. The Morgan fingerprint density at radius 3 is 2.60 bits per heavy atom. The maximum absolute atomic E-state index is 13.3. The summed E-state index contributed by atoms with van der Waals surface area (Å²) in [6, 6.07) is 5.21. The maximum Gasteiger partial charge on any atom is 0.126 e. The van der Waals surface area contributed by atoms with Crippen LogP contribution < -0.4 is 5.73 Å². The van der Waals surface area contributed by atoms with Gasteiger partial charge in [-0.3, -0.25) is 0 Å². The van der Waals surface area contributed by atoms with E-state index >= 15 is 0 Å². The van der Waals surface area contributed by atoms with Gasteiger partial charge in [0.1, 0.15) is 5.82 Å². The average molecular weight is 230 g/mol. The SMILES string of the molecule is Cc1c(F)cccc1[C@@H](N)C1CCC1.Cl. The lowest BCUT2D eigenvalue weighted by molar-refractivity contribution is 0.263. The van der Waals surface area contributed by atoms with Crippen LogP contribution in [0.3, 0.4) is 0 Å². The van der Waals surface area contributed by atoms with Crippen LogP contribution >= 0.6 is 12.4 Å². The lowest BCUT2D eigenvalue weighted by Gasteiger charge is -2.32. The first-order valence-electron chi connectivity index (χ1n) is 5.20. The third-order valence-corrected chi connectivity index (χ3v) is 3.33. The first-order valence-corrected chi connectivity index (χ1v) is 5.20. The normalized spacial score (nSPS) is 17.8. The van der Waals surface area contributed by atoms with Crippen LogP contribution in [0.25, 0.3) is 0 Å². The third-order valence-electron chi connectivity index (χ3n) is 3.33. The van der Waals surface area contributed by atoms with E-state index in [1.54, 1.807) is 6.07 Å². The second kappa shape index (κ2) is 4.95. The molecule has 1 nitrogen and oxygen atoms in total. The van der Waals surface area contributed by atoms with Crippen LogP contribution in [0, 0.1) is 18.7 Å². The van der Waals surface area contributed by atoms with Gasteiger partial charge in [-0.15, -0.1) is 12.4 Å². The highest BCUT2D eigenvalue weighted by Crippen LogP contribution is 2.37. The molecule has 0 bridgehead atoms. The molecule has 1 atom stereocenters. The molecule has 0 radical (unpaired) electrons. The molecular weight excluding hydrogens is 213 g/mol. The lowest BCUT2D eigenvalue weighted by atomic mass is 9.77. The van der Waals surface area contributed by atoms with E-state index in [4.69, 9.17) is 5.73 Å². The highest BCUT2D eigenvalue weighted by Gasteiger charge is 2.26. The molecule has 0 amide bonds. The minimum Gasteiger partial charge on any atom is -0.324 e. The van der Waals surface area contributed by atoms with E-state index in [2.05, 4.69) is 0 Å². The number of rotatable bonds is 2. The molecule has 1 aromatic carbocycles. The molecule has 0 heterocycles. The first-order chi connectivity index (χ1) is 6.70. The highest BCUT2D eigenvalue weighted by molar-refractivity contribution is 5.85. The molecule has 1 fully saturated rings. The van der Waals surface area contributed by atoms with Crippen molar-refractivity contribution in [1.82, 2.24) is 0 Å². The van der Waals surface area contributed by atoms with Gasteiger partial charge in [0.25, 0.3) is 0 Å². The summed E-state index contributed by atoms with van der Waals surface area (Å²) in [7, 11) is 0. The largest absolute Gasteiger partial charge is 0.324 e. The molecular formula is C12H17ClFN. The van der Waals surface area contributed by atoms with Gasteiger partial charge in [0.15, 0.2) is 0 Å². The zero-order valence-electron chi connectivity index (χ0n) is 8.87. The van der Waals surface area contributed by atoms with Crippen molar-refractivity contribution in [2.24, 2.45) is 11.7 Å². The predicted molar refractivity (Wildman–Crippen MR) is 62.7 cm³/mol. The van der Waals surface area contributed by atoms with E-state index in [1.165, 1.54) is 25.3 Å². The fraction of sp³-hybridized carbons (Fsp3) is 0.500. The molecule has 1 aliphatic carbocycles. The quantitative estimate of drug-likeness (QED) is 0.827. The standard InChI is InChI=1S/C12H16FN.ClH/c1-8-10(6-3-7-11(8)13)12(14)9-4-2-5-9;/h3,6-7,9,12H,2,4-5,14H2,1H3;1H/t12-;/m0./s1. The summed E-state index contributed by atoms with van der Waals surface area (Å²) in [4.78, 5) is 0. The van der Waals surface area contributed by atoms with Crippen LogP contribution in [0.15, 0.2) is 18.2 Å². The Bertz CT molecular complexity index is 336. The van der Waals surface area contributed by atoms with Crippen molar-refractivity contribution in [3.63, 3.8) is 0 Å². The number of nitrogens with two attached hydrogens (primary N) is 1. The van der Waals surface area contributed by atoms with Crippen LogP contribution in [0.2, 0.25) is 0 Å². The van der Waals surface area contributed by atoms with Crippen molar-refractivity contribution in [2.75, 3.05) is 0 Å². The zero-order chi connectivity index (χ0) is 10.1. The van der Waals surface area contributed by atoms with E-state index in [9.17, 15) is 4.39 Å². The second-order valence-corrected chi connectivity index (χ2v) is 4.17. The van der Waals surface area contributed by atoms with Crippen LogP contribution in [-0.2, 0) is 0 Å². The van der Waals surface area contributed by atoms with E-state index in [1.807, 2.05) is 13.0 Å². The van der Waals surface area contributed by atoms with Gasteiger partial charge < -0.3 is 5.73 Å². The molecule has 0 spiro atoms. The van der Waals surface area contributed by atoms with Gasteiger partial charge >= 0.3 is 0 Å². The monoisotopic (exact) mass is 229 g/mol. The molecule has 84 valence electrons. The molecule has 3 heteroatoms. The molecule has 1 aromatic rings. The van der Waals surface area contributed by atoms with Gasteiger partial charge in [-0.05, 0) is 42.9 Å². The highest BCUT2D eigenvalue weighted by atomic mass is 35.5. The lowest BCUT2D eigenvalue weighted by Crippen LogP contribution is -2.27. The van der Waals surface area contributed by atoms with Crippen molar-refractivity contribution in [2.45, 2.75) is 32.2 Å². The minimum atomic E-state index is -0.141. The van der Waals surface area contributed by atoms with Crippen molar-refractivity contribution < 1.29 is 4.39 Å². The smallest absolute Gasteiger partial charge is 0.126 e. The Morgan fingerprint density at radius 2 is 2.07 bits per heavy atom. The summed E-state index contributed by atoms with van der Waals surface area (Å²) in [5.74, 6) is 0.424. The van der Waals surface area contributed by atoms with E-state index in [-0.39, 0.29) is 24.3 Å². The topological polar surface area (TPSA) is 26.0 Å². The van der Waals surface area contributed by atoms with Gasteiger partial charge in [0, 0.05) is 6.04 Å². The fourth-order valence-corrected chi connectivity index (χ4v) is 2.04. The Morgan fingerprint density at radius 1 is 1.40 bits per heavy atom. The van der Waals surface area contributed by atoms with Gasteiger partial charge in [-0.2, -0.15) is 0 Å². The number of halogens is 2. The van der Waals surface area contributed by atoms with Gasteiger partial charge in [-0.1, -0.05) is 18.6 Å². The Hall–Kier alpha value is -0.600. The van der Waals surface area contributed by atoms with Gasteiger partial charge in [0.05, 0.1) is 0 Å². The fourth-order valence-electron chi connectivity index (χ4n) is 2.04. The molecule has 0 unspecified atom stereocenters. The summed E-state index contributed by atoms with van der Waals surface area (Å²) < 4.78 is 13.3. The minimum absolute atomic E-state index is 0.